The van der Waals surface area contributed by atoms with E-state index >= 15 is 0 Å². The van der Waals surface area contributed by atoms with Gasteiger partial charge in [0.1, 0.15) is 0 Å². The van der Waals surface area contributed by atoms with Crippen LogP contribution in [0, 0.1) is 52.3 Å². The monoisotopic (exact) mass is 618 g/mol. The fourth-order valence-electron chi connectivity index (χ4n) is 12.4. The lowest BCUT2D eigenvalue weighted by atomic mass is 9.42. The van der Waals surface area contributed by atoms with Crippen molar-refractivity contribution in [2.75, 3.05) is 20.3 Å². The van der Waals surface area contributed by atoms with Gasteiger partial charge in [0.25, 0.3) is 0 Å². The smallest absolute Gasteiger partial charge is 0.172 e. The Labute approximate surface area is 267 Å². The molecule has 0 aromatic rings. The van der Waals surface area contributed by atoms with Gasteiger partial charge in [0.2, 0.25) is 0 Å². The van der Waals surface area contributed by atoms with Crippen molar-refractivity contribution in [3.63, 3.8) is 0 Å². The van der Waals surface area contributed by atoms with Gasteiger partial charge >= 0.3 is 0 Å². The summed E-state index contributed by atoms with van der Waals surface area (Å²) < 4.78 is 45.9. The van der Waals surface area contributed by atoms with E-state index in [1.165, 1.54) is 25.7 Å². The number of methoxy groups -OCH3 is 1. The van der Waals surface area contributed by atoms with Crippen LogP contribution in [0.3, 0.4) is 0 Å². The third kappa shape index (κ3) is 4.75. The minimum Gasteiger partial charge on any atom is -0.378 e. The van der Waals surface area contributed by atoms with E-state index in [-0.39, 0.29) is 46.8 Å². The Morgan fingerprint density at radius 1 is 0.727 bits per heavy atom. The molecule has 4 aliphatic carbocycles. The van der Waals surface area contributed by atoms with Crippen LogP contribution in [0.5, 0.6) is 0 Å². The van der Waals surface area contributed by atoms with Crippen molar-refractivity contribution in [1.82, 2.24) is 0 Å². The van der Waals surface area contributed by atoms with E-state index in [4.69, 9.17) is 33.2 Å². The third-order valence-corrected chi connectivity index (χ3v) is 14.8. The van der Waals surface area contributed by atoms with Crippen LogP contribution >= 0.6 is 0 Å². The van der Waals surface area contributed by atoms with Crippen molar-refractivity contribution in [1.29, 1.82) is 0 Å². The summed E-state index contributed by atoms with van der Waals surface area (Å²) in [6, 6.07) is 0. The molecular weight excluding hydrogens is 556 g/mol. The topological polar surface area (TPSA) is 64.6 Å². The van der Waals surface area contributed by atoms with Crippen LogP contribution < -0.4 is 0 Å². The Kier molecular flexibility index (Phi) is 7.60. The average Bonchev–Trinajstić information content (AvgIpc) is 3.69. The lowest BCUT2D eigenvalue weighted by molar-refractivity contribution is -0.301. The summed E-state index contributed by atoms with van der Waals surface area (Å²) in [5.41, 5.74) is 0.0802. The first-order chi connectivity index (χ1) is 20.5. The van der Waals surface area contributed by atoms with Crippen molar-refractivity contribution in [2.24, 2.45) is 52.3 Å². The first-order valence-corrected chi connectivity index (χ1v) is 18.0. The zero-order valence-electron chi connectivity index (χ0n) is 29.6. The van der Waals surface area contributed by atoms with Crippen LogP contribution in [0.25, 0.3) is 0 Å². The normalized spacial score (nSPS) is 50.1. The molecule has 7 aliphatic rings. The molecule has 252 valence electrons. The van der Waals surface area contributed by atoms with Crippen molar-refractivity contribution in [3.8, 4) is 0 Å². The van der Waals surface area contributed by atoms with Crippen molar-refractivity contribution in [2.45, 2.75) is 162 Å². The Morgan fingerprint density at radius 3 is 2.02 bits per heavy atom. The summed E-state index contributed by atoms with van der Waals surface area (Å²) in [5.74, 6) is 1.85. The van der Waals surface area contributed by atoms with Gasteiger partial charge in [-0.2, -0.15) is 0 Å². The summed E-state index contributed by atoms with van der Waals surface area (Å²) in [6.45, 7) is 24.0. The van der Waals surface area contributed by atoms with Gasteiger partial charge in [0.15, 0.2) is 17.4 Å². The summed E-state index contributed by atoms with van der Waals surface area (Å²) in [7, 11) is 1.82. The molecule has 0 N–H and O–H groups in total. The van der Waals surface area contributed by atoms with Crippen molar-refractivity contribution >= 4 is 0 Å². The molecule has 1 unspecified atom stereocenters. The first-order valence-electron chi connectivity index (χ1n) is 18.0. The van der Waals surface area contributed by atoms with E-state index < -0.39 is 17.4 Å². The Hall–Kier alpha value is -0.280. The molecule has 13 atom stereocenters. The number of hydrogen-bond donors (Lipinski definition) is 0. The first kappa shape index (κ1) is 32.3. The molecule has 1 spiro atoms. The summed E-state index contributed by atoms with van der Waals surface area (Å²) in [5, 5.41) is 0. The number of rotatable bonds is 5. The predicted molar refractivity (Wildman–Crippen MR) is 168 cm³/mol. The molecule has 44 heavy (non-hydrogen) atoms. The van der Waals surface area contributed by atoms with E-state index in [0.29, 0.717) is 48.7 Å². The van der Waals surface area contributed by atoms with Crippen LogP contribution in [0.4, 0.5) is 0 Å². The molecule has 3 aliphatic heterocycles. The molecule has 3 heterocycles. The highest BCUT2D eigenvalue weighted by atomic mass is 16.8. The van der Waals surface area contributed by atoms with E-state index in [2.05, 4.69) is 69.2 Å². The van der Waals surface area contributed by atoms with Gasteiger partial charge in [-0.15, -0.1) is 0 Å². The van der Waals surface area contributed by atoms with Gasteiger partial charge in [-0.1, -0.05) is 27.7 Å². The van der Waals surface area contributed by atoms with E-state index in [1.54, 1.807) is 0 Å². The highest BCUT2D eigenvalue weighted by molar-refractivity contribution is 5.16. The van der Waals surface area contributed by atoms with Crippen LogP contribution in [-0.4, -0.2) is 67.7 Å². The molecule has 0 bridgehead atoms. The van der Waals surface area contributed by atoms with Crippen LogP contribution in [0.1, 0.15) is 114 Å². The number of fused-ring (bicyclic) bond motifs is 7. The minimum absolute atomic E-state index is 0.0000807. The Bertz CT molecular complexity index is 1100. The summed E-state index contributed by atoms with van der Waals surface area (Å²) in [6.07, 6.45) is 8.47. The molecule has 4 saturated carbocycles. The lowest BCUT2D eigenvalue weighted by Gasteiger charge is -2.65. The second-order valence-electron chi connectivity index (χ2n) is 18.0. The van der Waals surface area contributed by atoms with Gasteiger partial charge in [0.05, 0.1) is 43.2 Å². The largest absolute Gasteiger partial charge is 0.378 e. The van der Waals surface area contributed by atoms with Gasteiger partial charge in [-0.05, 0) is 120 Å². The molecule has 7 fully saturated rings. The second kappa shape index (κ2) is 10.4. The van der Waals surface area contributed by atoms with Crippen molar-refractivity contribution in [3.05, 3.63) is 0 Å². The Morgan fingerprint density at radius 2 is 1.34 bits per heavy atom. The van der Waals surface area contributed by atoms with Crippen LogP contribution in [0.15, 0.2) is 0 Å². The van der Waals surface area contributed by atoms with E-state index in [0.717, 1.165) is 19.3 Å². The quantitative estimate of drug-likeness (QED) is 0.319. The van der Waals surface area contributed by atoms with Gasteiger partial charge in [-0.3, -0.25) is 0 Å². The molecule has 0 aromatic heterocycles. The average molecular weight is 619 g/mol. The molecular formula is C37H62O7. The van der Waals surface area contributed by atoms with Crippen LogP contribution in [-0.2, 0) is 33.2 Å². The van der Waals surface area contributed by atoms with Crippen molar-refractivity contribution < 1.29 is 33.2 Å². The predicted octanol–water partition coefficient (Wildman–Crippen LogP) is 7.35. The highest BCUT2D eigenvalue weighted by Crippen LogP contribution is 2.71. The molecule has 0 radical (unpaired) electrons. The SMILES string of the molecule is COC(C)(C)[C@H](C)[C@H]1OC(C)(C)O[C@@H]1[C@@H](C)[C@H]1CC[C@H]2[C@@H]3CC4(OCCO4)C4C[C@@H]5OC(C)(C)O[C@@H]5C[C@]4(C)[C@H]3CC[C@]12C. The molecule has 0 amide bonds. The fourth-order valence-corrected chi connectivity index (χ4v) is 12.4. The minimum atomic E-state index is -0.589. The number of ether oxygens (including phenoxy) is 7. The van der Waals surface area contributed by atoms with E-state index in [9.17, 15) is 0 Å². The number of hydrogen-bond acceptors (Lipinski definition) is 7. The zero-order valence-corrected chi connectivity index (χ0v) is 29.6. The lowest BCUT2D eigenvalue weighted by Crippen LogP contribution is -2.65. The maximum Gasteiger partial charge on any atom is 0.172 e. The second-order valence-corrected chi connectivity index (χ2v) is 18.0. The van der Waals surface area contributed by atoms with Gasteiger partial charge in [-0.25, -0.2) is 0 Å². The maximum absolute atomic E-state index is 6.80. The fraction of sp³-hybridized carbons (Fsp3) is 1.00. The molecule has 7 rings (SSSR count). The maximum atomic E-state index is 6.80. The standard InChI is InChI=1S/C37H62O7/c1-21(30-31(44-34(7,8)43-30)22(2)32(3,4)38-11)24-12-13-25-23-19-37(39-16-17-40-37)29-18-27-28(42-33(5,6)41-27)20-36(29,10)26(23)14-15-35(24,25)9/h21-31H,12-20H2,1-11H3/t21-,22+,23-,24+,25-,26-,27-,28+,29?,30+,31+,35+,36+/m0/s1. The highest BCUT2D eigenvalue weighted by Gasteiger charge is 2.70. The van der Waals surface area contributed by atoms with Gasteiger partial charge in [0, 0.05) is 25.4 Å². The zero-order chi connectivity index (χ0) is 31.7. The van der Waals surface area contributed by atoms with Crippen LogP contribution in [0.2, 0.25) is 0 Å². The summed E-state index contributed by atoms with van der Waals surface area (Å²) in [4.78, 5) is 0. The molecule has 7 nitrogen and oxygen atoms in total. The van der Waals surface area contributed by atoms with Gasteiger partial charge < -0.3 is 33.2 Å². The van der Waals surface area contributed by atoms with E-state index in [1.807, 2.05) is 7.11 Å². The third-order valence-electron chi connectivity index (χ3n) is 14.8. The molecule has 0 aromatic carbocycles. The Balaban J connectivity index is 1.17. The molecule has 3 saturated heterocycles. The molecule has 7 heteroatoms. The summed E-state index contributed by atoms with van der Waals surface area (Å²) >= 11 is 0.